The Labute approximate surface area is 119 Å². The number of hydrogen-bond donors (Lipinski definition) is 2. The van der Waals surface area contributed by atoms with Gasteiger partial charge in [-0.25, -0.2) is 9.18 Å². The van der Waals surface area contributed by atoms with Gasteiger partial charge in [0.1, 0.15) is 6.61 Å². The Hall–Kier alpha value is -2.82. The van der Waals surface area contributed by atoms with Crippen LogP contribution in [0.25, 0.3) is 10.9 Å². The highest BCUT2D eigenvalue weighted by Crippen LogP contribution is 2.20. The first-order valence-electron chi connectivity index (χ1n) is 6.36. The average molecular weight is 285 g/mol. The number of benzene rings is 2. The van der Waals surface area contributed by atoms with Crippen molar-refractivity contribution in [2.24, 2.45) is 0 Å². The van der Waals surface area contributed by atoms with Crippen LogP contribution in [0.1, 0.15) is 16.1 Å². The Morgan fingerprint density at radius 2 is 2.00 bits per heavy atom. The van der Waals surface area contributed by atoms with Gasteiger partial charge in [-0.2, -0.15) is 0 Å². The molecule has 0 aliphatic rings. The number of aromatic nitrogens is 1. The SMILES string of the molecule is O=C(O)c1ccc2[nH]c(COc3ccccc3F)cc2c1. The fourth-order valence-corrected chi connectivity index (χ4v) is 2.12. The molecule has 0 radical (unpaired) electrons. The number of hydrogen-bond acceptors (Lipinski definition) is 2. The molecule has 5 heteroatoms. The van der Waals surface area contributed by atoms with Crippen molar-refractivity contribution < 1.29 is 19.0 Å². The molecular formula is C16H12FNO3. The maximum Gasteiger partial charge on any atom is 0.335 e. The lowest BCUT2D eigenvalue weighted by Crippen LogP contribution is -1.97. The van der Waals surface area contributed by atoms with Crippen molar-refractivity contribution in [1.82, 2.24) is 4.98 Å². The maximum absolute atomic E-state index is 13.4. The topological polar surface area (TPSA) is 62.3 Å². The number of carbonyl (C=O) groups is 1. The molecule has 0 bridgehead atoms. The molecule has 0 aliphatic carbocycles. The second kappa shape index (κ2) is 5.28. The number of aromatic carboxylic acids is 1. The summed E-state index contributed by atoms with van der Waals surface area (Å²) in [7, 11) is 0. The first-order valence-corrected chi connectivity index (χ1v) is 6.36. The summed E-state index contributed by atoms with van der Waals surface area (Å²) in [6.45, 7) is 0.179. The van der Waals surface area contributed by atoms with Gasteiger partial charge in [-0.3, -0.25) is 0 Å². The van der Waals surface area contributed by atoms with Crippen LogP contribution < -0.4 is 4.74 Å². The van der Waals surface area contributed by atoms with E-state index in [0.717, 1.165) is 16.6 Å². The highest BCUT2D eigenvalue weighted by Gasteiger charge is 2.07. The van der Waals surface area contributed by atoms with Crippen LogP contribution in [0.2, 0.25) is 0 Å². The van der Waals surface area contributed by atoms with E-state index < -0.39 is 11.8 Å². The summed E-state index contributed by atoms with van der Waals surface area (Å²) in [4.78, 5) is 14.0. The summed E-state index contributed by atoms with van der Waals surface area (Å²) in [6, 6.07) is 12.8. The first kappa shape index (κ1) is 13.2. The number of rotatable bonds is 4. The Morgan fingerprint density at radius 3 is 2.76 bits per heavy atom. The number of carboxylic acids is 1. The number of halogens is 1. The summed E-state index contributed by atoms with van der Waals surface area (Å²) in [5.41, 5.74) is 1.78. The molecule has 0 saturated heterocycles. The molecule has 0 aliphatic heterocycles. The van der Waals surface area contributed by atoms with Gasteiger partial charge in [0.15, 0.2) is 11.6 Å². The number of H-pyrrole nitrogens is 1. The smallest absolute Gasteiger partial charge is 0.335 e. The van der Waals surface area contributed by atoms with E-state index in [1.54, 1.807) is 36.4 Å². The first-order chi connectivity index (χ1) is 10.1. The van der Waals surface area contributed by atoms with Gasteiger partial charge in [0.05, 0.1) is 11.3 Å². The van der Waals surface area contributed by atoms with Crippen LogP contribution in [0.3, 0.4) is 0 Å². The number of aromatic amines is 1. The minimum absolute atomic E-state index is 0.179. The van der Waals surface area contributed by atoms with Gasteiger partial charge in [-0.05, 0) is 36.4 Å². The third kappa shape index (κ3) is 2.72. The zero-order valence-electron chi connectivity index (χ0n) is 11.0. The number of carboxylic acid groups (broad SMARTS) is 1. The predicted molar refractivity (Wildman–Crippen MR) is 76.0 cm³/mol. The molecule has 0 atom stereocenters. The van der Waals surface area contributed by atoms with E-state index in [1.807, 2.05) is 0 Å². The van der Waals surface area contributed by atoms with Crippen molar-refractivity contribution in [2.45, 2.75) is 6.61 Å². The summed E-state index contributed by atoms with van der Waals surface area (Å²) in [5.74, 6) is -1.20. The van der Waals surface area contributed by atoms with Gasteiger partial charge in [0, 0.05) is 10.9 Å². The van der Waals surface area contributed by atoms with Crippen LogP contribution in [0, 0.1) is 5.82 Å². The number of nitrogens with one attached hydrogen (secondary N) is 1. The van der Waals surface area contributed by atoms with Crippen LogP contribution in [0.4, 0.5) is 4.39 Å². The fourth-order valence-electron chi connectivity index (χ4n) is 2.12. The molecule has 1 heterocycles. The van der Waals surface area contributed by atoms with Crippen molar-refractivity contribution in [3.05, 3.63) is 65.6 Å². The van der Waals surface area contributed by atoms with Gasteiger partial charge in [-0.15, -0.1) is 0 Å². The molecule has 0 spiro atoms. The zero-order valence-corrected chi connectivity index (χ0v) is 11.0. The lowest BCUT2D eigenvalue weighted by molar-refractivity contribution is 0.0697. The summed E-state index contributed by atoms with van der Waals surface area (Å²) < 4.78 is 18.8. The van der Waals surface area contributed by atoms with E-state index in [-0.39, 0.29) is 17.9 Å². The zero-order chi connectivity index (χ0) is 14.8. The number of fused-ring (bicyclic) bond motifs is 1. The lowest BCUT2D eigenvalue weighted by atomic mass is 10.1. The van der Waals surface area contributed by atoms with E-state index in [9.17, 15) is 9.18 Å². The van der Waals surface area contributed by atoms with Crippen molar-refractivity contribution in [3.8, 4) is 5.75 Å². The molecular weight excluding hydrogens is 273 g/mol. The highest BCUT2D eigenvalue weighted by molar-refractivity contribution is 5.93. The van der Waals surface area contributed by atoms with Crippen LogP contribution in [0.15, 0.2) is 48.5 Å². The molecule has 106 valence electrons. The fraction of sp³-hybridized carbons (Fsp3) is 0.0625. The normalized spacial score (nSPS) is 10.7. The molecule has 21 heavy (non-hydrogen) atoms. The van der Waals surface area contributed by atoms with Gasteiger partial charge in [-0.1, -0.05) is 12.1 Å². The summed E-state index contributed by atoms with van der Waals surface area (Å²) in [6.07, 6.45) is 0. The van der Waals surface area contributed by atoms with Crippen molar-refractivity contribution in [3.63, 3.8) is 0 Å². The van der Waals surface area contributed by atoms with Crippen LogP contribution >= 0.6 is 0 Å². The molecule has 0 unspecified atom stereocenters. The molecule has 2 aromatic carbocycles. The Bertz CT molecular complexity index is 810. The van der Waals surface area contributed by atoms with E-state index in [1.165, 1.54) is 12.1 Å². The van der Waals surface area contributed by atoms with Crippen LogP contribution in [0.5, 0.6) is 5.75 Å². The van der Waals surface area contributed by atoms with Crippen LogP contribution in [-0.4, -0.2) is 16.1 Å². The highest BCUT2D eigenvalue weighted by atomic mass is 19.1. The minimum Gasteiger partial charge on any atom is -0.484 e. The second-order valence-corrected chi connectivity index (χ2v) is 4.62. The largest absolute Gasteiger partial charge is 0.484 e. The van der Waals surface area contributed by atoms with E-state index in [2.05, 4.69) is 4.98 Å². The van der Waals surface area contributed by atoms with Crippen molar-refractivity contribution >= 4 is 16.9 Å². The molecule has 0 amide bonds. The quantitative estimate of drug-likeness (QED) is 0.770. The molecule has 0 saturated carbocycles. The lowest BCUT2D eigenvalue weighted by Gasteiger charge is -2.05. The van der Waals surface area contributed by atoms with Crippen LogP contribution in [-0.2, 0) is 6.61 Å². The molecule has 4 nitrogen and oxygen atoms in total. The number of para-hydroxylation sites is 1. The Morgan fingerprint density at radius 1 is 1.19 bits per heavy atom. The summed E-state index contributed by atoms with van der Waals surface area (Å²) in [5, 5.41) is 9.74. The van der Waals surface area contributed by atoms with Gasteiger partial charge in [0.2, 0.25) is 0 Å². The third-order valence-electron chi connectivity index (χ3n) is 3.14. The average Bonchev–Trinajstić information content (AvgIpc) is 2.88. The number of ether oxygens (including phenoxy) is 1. The molecule has 0 fully saturated rings. The molecule has 3 rings (SSSR count). The predicted octanol–water partition coefficient (Wildman–Crippen LogP) is 3.58. The Kier molecular flexibility index (Phi) is 3.31. The van der Waals surface area contributed by atoms with Gasteiger partial charge < -0.3 is 14.8 Å². The van der Waals surface area contributed by atoms with E-state index >= 15 is 0 Å². The molecule has 3 aromatic rings. The van der Waals surface area contributed by atoms with Gasteiger partial charge >= 0.3 is 5.97 Å². The molecule has 2 N–H and O–H groups in total. The minimum atomic E-state index is -0.970. The van der Waals surface area contributed by atoms with Gasteiger partial charge in [0.25, 0.3) is 0 Å². The van der Waals surface area contributed by atoms with Crippen molar-refractivity contribution in [2.75, 3.05) is 0 Å². The van der Waals surface area contributed by atoms with E-state index in [0.29, 0.717) is 0 Å². The maximum atomic E-state index is 13.4. The van der Waals surface area contributed by atoms with Crippen molar-refractivity contribution in [1.29, 1.82) is 0 Å². The summed E-state index contributed by atoms with van der Waals surface area (Å²) >= 11 is 0. The third-order valence-corrected chi connectivity index (χ3v) is 3.14. The van der Waals surface area contributed by atoms with E-state index in [4.69, 9.17) is 9.84 Å². The standard InChI is InChI=1S/C16H12FNO3/c17-13-3-1-2-4-15(13)21-9-12-8-11-7-10(16(19)20)5-6-14(11)18-12/h1-8,18H,9H2,(H,19,20). The molecule has 1 aromatic heterocycles. The monoisotopic (exact) mass is 285 g/mol. The Balaban J connectivity index is 1.82. The second-order valence-electron chi connectivity index (χ2n) is 4.62.